The van der Waals surface area contributed by atoms with Crippen molar-refractivity contribution in [2.24, 2.45) is 0 Å². The lowest BCUT2D eigenvalue weighted by molar-refractivity contribution is -0.145. The van der Waals surface area contributed by atoms with Crippen molar-refractivity contribution < 1.29 is 14.3 Å². The van der Waals surface area contributed by atoms with Crippen LogP contribution in [0, 0.1) is 13.8 Å². The number of hydrogen-bond acceptors (Lipinski definition) is 7. The third kappa shape index (κ3) is 3.00. The van der Waals surface area contributed by atoms with Gasteiger partial charge in [-0.2, -0.15) is 0 Å². The van der Waals surface area contributed by atoms with Gasteiger partial charge in [0.25, 0.3) is 5.91 Å². The minimum Gasteiger partial charge on any atom is -0.466 e. The van der Waals surface area contributed by atoms with Crippen molar-refractivity contribution in [3.8, 4) is 11.4 Å². The number of amides is 1. The number of anilines is 1. The average molecular weight is 356 g/mol. The Morgan fingerprint density at radius 3 is 2.65 bits per heavy atom. The molecule has 0 bridgehead atoms. The second-order valence-electron chi connectivity index (χ2n) is 6.51. The van der Waals surface area contributed by atoms with E-state index in [1.165, 1.54) is 5.12 Å². The Morgan fingerprint density at radius 1 is 1.27 bits per heavy atom. The zero-order valence-electron chi connectivity index (χ0n) is 14.9. The molecule has 1 saturated carbocycles. The van der Waals surface area contributed by atoms with Gasteiger partial charge in [0, 0.05) is 12.0 Å². The maximum Gasteiger partial charge on any atom is 0.315 e. The first-order valence-corrected chi connectivity index (χ1v) is 8.69. The van der Waals surface area contributed by atoms with Gasteiger partial charge in [-0.3, -0.25) is 14.6 Å². The van der Waals surface area contributed by atoms with E-state index in [4.69, 9.17) is 9.72 Å². The molecule has 136 valence electrons. The first-order chi connectivity index (χ1) is 12.5. The van der Waals surface area contributed by atoms with Crippen LogP contribution in [0.3, 0.4) is 0 Å². The van der Waals surface area contributed by atoms with E-state index in [9.17, 15) is 9.59 Å². The summed E-state index contributed by atoms with van der Waals surface area (Å²) in [5, 5.41) is 5.92. The molecule has 1 aliphatic carbocycles. The second kappa shape index (κ2) is 6.08. The van der Waals surface area contributed by atoms with Gasteiger partial charge in [-0.1, -0.05) is 0 Å². The van der Waals surface area contributed by atoms with Crippen LogP contribution in [0.4, 0.5) is 5.82 Å². The van der Waals surface area contributed by atoms with E-state index in [2.05, 4.69) is 15.5 Å². The lowest BCUT2D eigenvalue weighted by Gasteiger charge is -2.09. The van der Waals surface area contributed by atoms with E-state index in [0.717, 1.165) is 47.1 Å². The third-order valence-electron chi connectivity index (χ3n) is 4.37. The standard InChI is InChI=1S/C17H20N6O3/c1-4-26-15(25)8-13(24)21-23-14-7-12(20-22(14)23)17-10(3)18-9(2)16(19-17)11-5-6-11/h7,11H,4-6,8H2,1-3H3,(H,21,24). The molecule has 0 spiro atoms. The summed E-state index contributed by atoms with van der Waals surface area (Å²) in [5.41, 5.74) is 6.96. The molecule has 26 heavy (non-hydrogen) atoms. The smallest absolute Gasteiger partial charge is 0.315 e. The third-order valence-corrected chi connectivity index (χ3v) is 4.37. The summed E-state index contributed by atoms with van der Waals surface area (Å²) >= 11 is 0. The number of carbonyl (C=O) groups excluding carboxylic acids is 2. The van der Waals surface area contributed by atoms with Gasteiger partial charge in [0.15, 0.2) is 5.82 Å². The number of esters is 1. The van der Waals surface area contributed by atoms with Gasteiger partial charge in [0.1, 0.15) is 17.8 Å². The fourth-order valence-electron chi connectivity index (χ4n) is 2.97. The van der Waals surface area contributed by atoms with Crippen LogP contribution in [-0.4, -0.2) is 38.3 Å². The molecule has 9 nitrogen and oxygen atoms in total. The van der Waals surface area contributed by atoms with Crippen LogP contribution in [0.1, 0.15) is 49.2 Å². The molecule has 1 aliphatic heterocycles. The fourth-order valence-corrected chi connectivity index (χ4v) is 2.97. The average Bonchev–Trinajstić information content (AvgIpc) is 3.46. The highest BCUT2D eigenvalue weighted by Gasteiger charge is 2.36. The maximum absolute atomic E-state index is 11.8. The molecule has 0 aromatic carbocycles. The van der Waals surface area contributed by atoms with E-state index in [1.54, 1.807) is 11.7 Å². The van der Waals surface area contributed by atoms with Gasteiger partial charge in [0.2, 0.25) is 0 Å². The van der Waals surface area contributed by atoms with Crippen molar-refractivity contribution in [2.45, 2.75) is 46.0 Å². The minimum atomic E-state index is -0.552. The fraction of sp³-hybridized carbons (Fsp3) is 0.471. The molecule has 2 aliphatic rings. The topological polar surface area (TPSA) is 102 Å². The summed E-state index contributed by atoms with van der Waals surface area (Å²) < 4.78 is 4.75. The number of hydrazine groups is 1. The van der Waals surface area contributed by atoms with Gasteiger partial charge in [-0.05, 0) is 33.6 Å². The normalized spacial score (nSPS) is 14.8. The molecule has 1 fully saturated rings. The van der Waals surface area contributed by atoms with E-state index in [-0.39, 0.29) is 13.0 Å². The second-order valence-corrected chi connectivity index (χ2v) is 6.51. The number of hydrogen-bond donors (Lipinski definition) is 1. The number of ether oxygens (including phenoxy) is 1. The molecule has 0 atom stereocenters. The van der Waals surface area contributed by atoms with Gasteiger partial charge in [0.05, 0.1) is 23.7 Å². The monoisotopic (exact) mass is 356 g/mol. The predicted octanol–water partition coefficient (Wildman–Crippen LogP) is 1.40. The number of aromatic nitrogens is 4. The van der Waals surface area contributed by atoms with Crippen molar-refractivity contribution in [3.05, 3.63) is 23.1 Å². The number of fused-ring (bicyclic) bond motifs is 1. The summed E-state index contributed by atoms with van der Waals surface area (Å²) in [5.74, 6) is 0.248. The van der Waals surface area contributed by atoms with Crippen molar-refractivity contribution in [3.63, 3.8) is 0 Å². The minimum absolute atomic E-state index is 0.251. The molecule has 0 unspecified atom stereocenters. The van der Waals surface area contributed by atoms with E-state index >= 15 is 0 Å². The van der Waals surface area contributed by atoms with Crippen molar-refractivity contribution >= 4 is 17.7 Å². The van der Waals surface area contributed by atoms with Gasteiger partial charge in [-0.25, -0.2) is 10.4 Å². The summed E-state index contributed by atoms with van der Waals surface area (Å²) in [6, 6.07) is 1.84. The molecule has 9 heteroatoms. The lowest BCUT2D eigenvalue weighted by Crippen LogP contribution is -2.36. The number of nitrogens with zero attached hydrogens (tertiary/aromatic N) is 5. The first-order valence-electron chi connectivity index (χ1n) is 8.69. The van der Waals surface area contributed by atoms with Crippen LogP contribution < -0.4 is 10.5 Å². The molecule has 0 saturated heterocycles. The molecule has 1 amide bonds. The number of carbonyl (C=O) groups is 2. The Morgan fingerprint density at radius 2 is 2.04 bits per heavy atom. The maximum atomic E-state index is 11.8. The van der Waals surface area contributed by atoms with Crippen LogP contribution in [0.5, 0.6) is 0 Å². The highest BCUT2D eigenvalue weighted by Crippen LogP contribution is 2.41. The predicted molar refractivity (Wildman–Crippen MR) is 92.0 cm³/mol. The highest BCUT2D eigenvalue weighted by atomic mass is 16.5. The molecular weight excluding hydrogens is 336 g/mol. The lowest BCUT2D eigenvalue weighted by atomic mass is 10.1. The summed E-state index contributed by atoms with van der Waals surface area (Å²) in [7, 11) is 0. The highest BCUT2D eigenvalue weighted by molar-refractivity contribution is 5.95. The Labute approximate surface area is 150 Å². The van der Waals surface area contributed by atoms with Crippen LogP contribution in [0.15, 0.2) is 6.07 Å². The molecule has 3 heterocycles. The van der Waals surface area contributed by atoms with Crippen molar-refractivity contribution in [1.29, 1.82) is 0 Å². The van der Waals surface area contributed by atoms with Crippen molar-refractivity contribution in [1.82, 2.24) is 25.3 Å². The number of aryl methyl sites for hydroxylation is 2. The van der Waals surface area contributed by atoms with Gasteiger partial charge in [-0.15, -0.1) is 15.0 Å². The SMILES string of the molecule is CCOC(=O)CC(=O)NN1c2cc(-c3nc(C4CC4)c(C)nc3C)nn21. The number of nitrogens with one attached hydrogen (secondary N) is 1. The van der Waals surface area contributed by atoms with Crippen LogP contribution in [-0.2, 0) is 14.3 Å². The van der Waals surface area contributed by atoms with E-state index < -0.39 is 11.9 Å². The largest absolute Gasteiger partial charge is 0.466 e. The summed E-state index contributed by atoms with van der Waals surface area (Å²) in [4.78, 5) is 34.1. The first kappa shape index (κ1) is 16.5. The molecule has 0 radical (unpaired) electrons. The van der Waals surface area contributed by atoms with Gasteiger partial charge >= 0.3 is 5.97 Å². The Kier molecular flexibility index (Phi) is 3.86. The Bertz CT molecular complexity index is 881. The molecule has 2 aromatic rings. The van der Waals surface area contributed by atoms with Crippen LogP contribution >= 0.6 is 0 Å². The zero-order valence-corrected chi connectivity index (χ0v) is 14.9. The Balaban J connectivity index is 1.44. The van der Waals surface area contributed by atoms with E-state index in [0.29, 0.717) is 5.92 Å². The van der Waals surface area contributed by atoms with E-state index in [1.807, 2.05) is 19.9 Å². The molecule has 4 rings (SSSR count). The molecular formula is C17H20N6O3. The summed E-state index contributed by atoms with van der Waals surface area (Å²) in [6.45, 7) is 5.86. The van der Waals surface area contributed by atoms with Crippen LogP contribution in [0.2, 0.25) is 0 Å². The molecule has 1 N–H and O–H groups in total. The quantitative estimate of drug-likeness (QED) is 0.474. The van der Waals surface area contributed by atoms with Crippen LogP contribution in [0.25, 0.3) is 11.4 Å². The van der Waals surface area contributed by atoms with Gasteiger partial charge < -0.3 is 4.74 Å². The Hall–Kier alpha value is -2.97. The molecule has 2 aromatic heterocycles. The van der Waals surface area contributed by atoms with Crippen molar-refractivity contribution in [2.75, 3.05) is 11.7 Å². The summed E-state index contributed by atoms with van der Waals surface area (Å²) in [6.07, 6.45) is 2.01. The number of rotatable bonds is 6. The zero-order chi connectivity index (χ0) is 18.4.